The summed E-state index contributed by atoms with van der Waals surface area (Å²) in [5.74, 6) is 0. The van der Waals surface area contributed by atoms with Gasteiger partial charge in [0.1, 0.15) is 22.3 Å². The molecule has 0 aliphatic carbocycles. The molecule has 0 radical (unpaired) electrons. The van der Waals surface area contributed by atoms with Crippen molar-refractivity contribution in [1.29, 1.82) is 0 Å². The van der Waals surface area contributed by atoms with Gasteiger partial charge >= 0.3 is 14.4 Å². The fraction of sp³-hybridized carbons (Fsp3) is 0.333. The number of fused-ring (bicyclic) bond motifs is 14. The van der Waals surface area contributed by atoms with Crippen molar-refractivity contribution in [3.63, 3.8) is 0 Å². The van der Waals surface area contributed by atoms with Crippen LogP contribution in [0.3, 0.4) is 0 Å². The summed E-state index contributed by atoms with van der Waals surface area (Å²) >= 11 is 0. The van der Waals surface area contributed by atoms with E-state index >= 15 is 0 Å². The number of para-hydroxylation sites is 2. The summed E-state index contributed by atoms with van der Waals surface area (Å²) in [6.07, 6.45) is 2.68. The van der Waals surface area contributed by atoms with Crippen molar-refractivity contribution in [1.82, 2.24) is 0 Å². The molecule has 0 unspecified atom stereocenters. The predicted octanol–water partition coefficient (Wildman–Crippen LogP) is 15.5. The third-order valence-electron chi connectivity index (χ3n) is 14.6. The maximum absolute atomic E-state index is 6.53. The number of rotatable bonds is 3. The molecule has 0 N–H and O–H groups in total. The SMILES string of the molecule is C.C1CCOC1.CC(C)OB1OC(C)(C)C(C)(C)O1.CC1(C)OB(c2cccc3c2oc2c3ccc3c4ccccc4ccc32)OC1(C)C.c1ccc2c(c1)ccc1c2ccc2c3ccccc3oc21. The van der Waals surface area contributed by atoms with E-state index < -0.39 is 25.6 Å². The Morgan fingerprint density at radius 2 is 0.829 bits per heavy atom. The predicted molar refractivity (Wildman–Crippen MR) is 292 cm³/mol. The van der Waals surface area contributed by atoms with Crippen LogP contribution in [0.15, 0.2) is 148 Å². The summed E-state index contributed by atoms with van der Waals surface area (Å²) in [5.41, 5.74) is 3.25. The van der Waals surface area contributed by atoms with Crippen LogP contribution in [-0.2, 0) is 28.0 Å². The monoisotopic (exact) mass is 936 g/mol. The highest BCUT2D eigenvalue weighted by atomic mass is 16.8. The lowest BCUT2D eigenvalue weighted by molar-refractivity contribution is 0.00578. The van der Waals surface area contributed by atoms with Crippen LogP contribution >= 0.6 is 0 Å². The molecule has 360 valence electrons. The molecule has 3 fully saturated rings. The average Bonchev–Trinajstić information content (AvgIpc) is 4.16. The lowest BCUT2D eigenvalue weighted by Gasteiger charge is -2.32. The first kappa shape index (κ1) is 49.3. The summed E-state index contributed by atoms with van der Waals surface area (Å²) in [6, 6.07) is 48.8. The highest BCUT2D eigenvalue weighted by Crippen LogP contribution is 2.41. The Labute approximate surface area is 412 Å². The van der Waals surface area contributed by atoms with Crippen LogP contribution in [0, 0.1) is 0 Å². The van der Waals surface area contributed by atoms with Crippen molar-refractivity contribution < 1.29 is 36.8 Å². The van der Waals surface area contributed by atoms with Gasteiger partial charge in [-0.25, -0.2) is 0 Å². The summed E-state index contributed by atoms with van der Waals surface area (Å²) in [6.45, 7) is 22.3. The Bertz CT molecular complexity index is 3450. The van der Waals surface area contributed by atoms with E-state index in [2.05, 4.69) is 149 Å². The van der Waals surface area contributed by atoms with E-state index in [-0.39, 0.29) is 24.7 Å². The molecule has 13 rings (SSSR count). The molecule has 3 aliphatic heterocycles. The van der Waals surface area contributed by atoms with Gasteiger partial charge < -0.3 is 36.8 Å². The second-order valence-electron chi connectivity index (χ2n) is 20.7. The molecule has 10 heteroatoms. The molecule has 2 aromatic heterocycles. The Kier molecular flexibility index (Phi) is 13.5. The number of ether oxygens (including phenoxy) is 1. The maximum Gasteiger partial charge on any atom is 0.640 e. The van der Waals surface area contributed by atoms with E-state index in [1.54, 1.807) is 0 Å². The fourth-order valence-electron chi connectivity index (χ4n) is 9.37. The zero-order valence-corrected chi connectivity index (χ0v) is 41.6. The van der Waals surface area contributed by atoms with Crippen molar-refractivity contribution in [2.24, 2.45) is 0 Å². The highest BCUT2D eigenvalue weighted by molar-refractivity contribution is 6.65. The van der Waals surface area contributed by atoms with Crippen molar-refractivity contribution in [3.05, 3.63) is 140 Å². The lowest BCUT2D eigenvalue weighted by atomic mass is 9.78. The van der Waals surface area contributed by atoms with Gasteiger partial charge in [-0.15, -0.1) is 0 Å². The van der Waals surface area contributed by atoms with Crippen LogP contribution in [0.4, 0.5) is 0 Å². The molecule has 3 saturated heterocycles. The summed E-state index contributed by atoms with van der Waals surface area (Å²) in [7, 11) is -0.976. The van der Waals surface area contributed by atoms with Crippen LogP contribution < -0.4 is 5.46 Å². The van der Waals surface area contributed by atoms with E-state index in [9.17, 15) is 0 Å². The zero-order chi connectivity index (χ0) is 48.3. The van der Waals surface area contributed by atoms with E-state index in [0.29, 0.717) is 0 Å². The minimum Gasteiger partial charge on any atom is -0.456 e. The van der Waals surface area contributed by atoms with Gasteiger partial charge in [0.2, 0.25) is 0 Å². The molecule has 3 aliphatic rings. The Hall–Kier alpha value is -5.71. The number of hydrogen-bond acceptors (Lipinski definition) is 8. The number of furan rings is 2. The van der Waals surface area contributed by atoms with Crippen LogP contribution in [0.2, 0.25) is 0 Å². The van der Waals surface area contributed by atoms with Gasteiger partial charge in [-0.2, -0.15) is 0 Å². The van der Waals surface area contributed by atoms with Crippen molar-refractivity contribution in [2.45, 2.75) is 118 Å². The molecular weight excluding hydrogens is 870 g/mol. The molecule has 8 aromatic carbocycles. The number of benzene rings is 8. The third kappa shape index (κ3) is 9.11. The first-order valence-corrected chi connectivity index (χ1v) is 24.4. The van der Waals surface area contributed by atoms with Crippen LogP contribution in [0.1, 0.15) is 89.5 Å². The summed E-state index contributed by atoms with van der Waals surface area (Å²) in [4.78, 5) is 0. The van der Waals surface area contributed by atoms with Crippen LogP contribution in [-0.4, -0.2) is 56.2 Å². The first-order valence-electron chi connectivity index (χ1n) is 24.4. The third-order valence-corrected chi connectivity index (χ3v) is 14.6. The Morgan fingerprint density at radius 3 is 1.36 bits per heavy atom. The highest BCUT2D eigenvalue weighted by Gasteiger charge is 2.54. The van der Waals surface area contributed by atoms with Crippen molar-refractivity contribution in [3.8, 4) is 0 Å². The molecule has 0 bridgehead atoms. The van der Waals surface area contributed by atoms with Crippen LogP contribution in [0.5, 0.6) is 0 Å². The standard InChI is InChI=1S/C26H23BO3.C20H12O.C9H19BO3.C4H8O.CH4/c1-25(2)26(3,4)30-27(29-25)22-11-7-10-19-21-15-14-18-17-9-6-5-8-16(17)12-13-20(18)23(21)28-24(19)22;1-2-6-14-13(5-1)9-10-17-15(14)11-12-18-16-7-3-4-8-19(16)21-20(17)18;1-7(2)11-10-12-8(3,4)9(5,6)13-10;1-2-4-5-3-1;/h5-15H,1-4H3;1-12H;7H,1-6H3;1-4H2;1H4. The summed E-state index contributed by atoms with van der Waals surface area (Å²) < 4.78 is 46.9. The van der Waals surface area contributed by atoms with Crippen molar-refractivity contribution >= 4 is 107 Å². The first-order chi connectivity index (χ1) is 33.0. The van der Waals surface area contributed by atoms with Gasteiger partial charge in [-0.1, -0.05) is 117 Å². The normalized spacial score (nSPS) is 17.8. The average molecular weight is 937 g/mol. The van der Waals surface area contributed by atoms with Gasteiger partial charge in [0.15, 0.2) is 0 Å². The lowest BCUT2D eigenvalue weighted by Crippen LogP contribution is -2.41. The summed E-state index contributed by atoms with van der Waals surface area (Å²) in [5, 5.41) is 14.4. The Morgan fingerprint density at radius 1 is 0.414 bits per heavy atom. The number of hydrogen-bond donors (Lipinski definition) is 0. The molecular formula is C60H66B2O8. The van der Waals surface area contributed by atoms with Crippen LogP contribution in [0.25, 0.3) is 87.0 Å². The van der Waals surface area contributed by atoms with Gasteiger partial charge in [0.25, 0.3) is 0 Å². The molecule has 8 nitrogen and oxygen atoms in total. The largest absolute Gasteiger partial charge is 0.640 e. The molecule has 0 atom stereocenters. The minimum absolute atomic E-state index is 0. The van der Waals surface area contributed by atoms with Crippen molar-refractivity contribution in [2.75, 3.05) is 13.2 Å². The van der Waals surface area contributed by atoms with Gasteiger partial charge in [0, 0.05) is 57.1 Å². The van der Waals surface area contributed by atoms with E-state index in [0.717, 1.165) is 57.2 Å². The molecule has 10 aromatic rings. The smallest absolute Gasteiger partial charge is 0.456 e. The molecule has 0 saturated carbocycles. The van der Waals surface area contributed by atoms with Gasteiger partial charge in [0.05, 0.1) is 22.4 Å². The molecule has 5 heterocycles. The second-order valence-corrected chi connectivity index (χ2v) is 20.7. The molecule has 0 spiro atoms. The zero-order valence-electron chi connectivity index (χ0n) is 41.6. The van der Waals surface area contributed by atoms with E-state index in [1.165, 1.54) is 61.3 Å². The van der Waals surface area contributed by atoms with E-state index in [4.69, 9.17) is 36.8 Å². The quantitative estimate of drug-likeness (QED) is 0.128. The topological polar surface area (TPSA) is 81.7 Å². The van der Waals surface area contributed by atoms with E-state index in [1.807, 2.05) is 59.7 Å². The fourth-order valence-corrected chi connectivity index (χ4v) is 9.37. The van der Waals surface area contributed by atoms with Gasteiger partial charge in [-0.05, 0) is 145 Å². The van der Waals surface area contributed by atoms with Gasteiger partial charge in [-0.3, -0.25) is 0 Å². The minimum atomic E-state index is -0.523. The maximum atomic E-state index is 6.53. The molecule has 0 amide bonds. The Balaban J connectivity index is 0.000000132. The second kappa shape index (κ2) is 19.1. The molecule has 70 heavy (non-hydrogen) atoms.